The van der Waals surface area contributed by atoms with E-state index in [2.05, 4.69) is 31.5 Å². The Morgan fingerprint density at radius 1 is 1.52 bits per heavy atom. The van der Waals surface area contributed by atoms with Gasteiger partial charge in [-0.3, -0.25) is 4.79 Å². The Morgan fingerprint density at radius 2 is 2.19 bits per heavy atom. The molecule has 21 heavy (non-hydrogen) atoms. The molecule has 0 saturated carbocycles. The number of nitrogens with zero attached hydrogens (tertiary/aromatic N) is 1. The summed E-state index contributed by atoms with van der Waals surface area (Å²) in [5.41, 5.74) is 0. The van der Waals surface area contributed by atoms with E-state index in [-0.39, 0.29) is 24.2 Å². The van der Waals surface area contributed by atoms with Crippen molar-refractivity contribution in [2.45, 2.75) is 31.8 Å². The van der Waals surface area contributed by atoms with Crippen molar-refractivity contribution < 1.29 is 14.6 Å². The van der Waals surface area contributed by atoms with Gasteiger partial charge in [0.25, 0.3) is 5.91 Å². The van der Waals surface area contributed by atoms with Crippen molar-refractivity contribution in [3.63, 3.8) is 0 Å². The van der Waals surface area contributed by atoms with Crippen LogP contribution in [0.25, 0.3) is 0 Å². The summed E-state index contributed by atoms with van der Waals surface area (Å²) in [7, 11) is 0. The van der Waals surface area contributed by atoms with Crippen molar-refractivity contribution in [2.24, 2.45) is 5.92 Å². The second-order valence-electron chi connectivity index (χ2n) is 6.52. The minimum absolute atomic E-state index is 0.0577. The minimum Gasteiger partial charge on any atom is -0.390 e. The normalized spacial score (nSPS) is 33.4. The number of amides is 1. The van der Waals surface area contributed by atoms with E-state index in [1.807, 2.05) is 6.92 Å². The first-order chi connectivity index (χ1) is 9.69. The van der Waals surface area contributed by atoms with Crippen LogP contribution in [0.5, 0.6) is 0 Å². The zero-order valence-corrected chi connectivity index (χ0v) is 13.8. The number of ether oxygens (including phenoxy) is 1. The Balaban J connectivity index is 2.06. The molecular weight excluding hydrogens is 287 g/mol. The SMILES string of the molecule is C=C1NC(=O)C=CN1[C@@H]1OC(CCP(=C)(C)C)[C@@H](O)[C@H]1C. The van der Waals surface area contributed by atoms with Gasteiger partial charge in [-0.25, -0.2) is 0 Å². The Labute approximate surface area is 126 Å². The maximum atomic E-state index is 11.3. The number of aliphatic hydroxyl groups excluding tert-OH is 1. The number of nitrogens with one attached hydrogen (secondary N) is 1. The van der Waals surface area contributed by atoms with Crippen LogP contribution in [0.2, 0.25) is 0 Å². The molecule has 2 rings (SSSR count). The molecule has 0 radical (unpaired) electrons. The lowest BCUT2D eigenvalue weighted by molar-refractivity contribution is -0.117. The van der Waals surface area contributed by atoms with Crippen molar-refractivity contribution in [1.29, 1.82) is 0 Å². The molecule has 2 N–H and O–H groups in total. The first kappa shape index (κ1) is 16.3. The summed E-state index contributed by atoms with van der Waals surface area (Å²) >= 11 is 0. The number of hydrogen-bond acceptors (Lipinski definition) is 4. The molecule has 4 atom stereocenters. The number of aliphatic hydroxyl groups is 1. The van der Waals surface area contributed by atoms with Crippen LogP contribution in [0, 0.1) is 5.92 Å². The Morgan fingerprint density at radius 3 is 2.76 bits per heavy atom. The van der Waals surface area contributed by atoms with E-state index < -0.39 is 13.0 Å². The quantitative estimate of drug-likeness (QED) is 0.767. The van der Waals surface area contributed by atoms with E-state index in [1.165, 1.54) is 6.08 Å². The van der Waals surface area contributed by atoms with Gasteiger partial charge in [0.05, 0.1) is 12.2 Å². The van der Waals surface area contributed by atoms with Gasteiger partial charge in [-0.1, -0.05) is 13.5 Å². The zero-order valence-electron chi connectivity index (χ0n) is 13.0. The van der Waals surface area contributed by atoms with Crippen molar-refractivity contribution in [3.05, 3.63) is 24.7 Å². The van der Waals surface area contributed by atoms with Crippen molar-refractivity contribution in [2.75, 3.05) is 19.5 Å². The average Bonchev–Trinajstić information content (AvgIpc) is 2.64. The molecule has 0 aromatic carbocycles. The van der Waals surface area contributed by atoms with Crippen LogP contribution in [-0.4, -0.2) is 60.1 Å². The molecule has 2 aliphatic rings. The standard InChI is InChI=1S/C15H25N2O3P/c1-10-14(19)12(7-9-21(3,4)5)20-15(10)17-8-6-13(18)16-11(17)2/h6,8,10,12,14-15,19H,2-3,7,9H2,1,4-5H3,(H,16,18)/t10-,12?,14+,15-/m1/s1. The maximum absolute atomic E-state index is 11.3. The molecule has 1 fully saturated rings. The van der Waals surface area contributed by atoms with Crippen LogP contribution in [0.15, 0.2) is 24.7 Å². The van der Waals surface area contributed by atoms with Gasteiger partial charge in [-0.15, -0.1) is 13.2 Å². The van der Waals surface area contributed by atoms with Gasteiger partial charge < -0.3 is 20.1 Å². The molecule has 0 aromatic heterocycles. The van der Waals surface area contributed by atoms with Crippen molar-refractivity contribution in [1.82, 2.24) is 10.2 Å². The number of hydrogen-bond donors (Lipinski definition) is 2. The summed E-state index contributed by atoms with van der Waals surface area (Å²) in [6.07, 6.45) is 8.08. The fourth-order valence-corrected chi connectivity index (χ4v) is 3.60. The summed E-state index contributed by atoms with van der Waals surface area (Å²) in [5.74, 6) is 0.234. The maximum Gasteiger partial charge on any atom is 0.250 e. The highest BCUT2D eigenvalue weighted by molar-refractivity contribution is 7.72. The van der Waals surface area contributed by atoms with Crippen molar-refractivity contribution >= 4 is 19.1 Å². The molecule has 2 heterocycles. The fourth-order valence-electron chi connectivity index (χ4n) is 2.65. The highest BCUT2D eigenvalue weighted by atomic mass is 31.2. The minimum atomic E-state index is -1.13. The lowest BCUT2D eigenvalue weighted by Gasteiger charge is -2.33. The molecule has 5 nitrogen and oxygen atoms in total. The molecule has 0 spiro atoms. The van der Waals surface area contributed by atoms with Crippen LogP contribution in [0.3, 0.4) is 0 Å². The lowest BCUT2D eigenvalue weighted by atomic mass is 10.00. The molecule has 0 aromatic rings. The van der Waals surface area contributed by atoms with Crippen LogP contribution in [0.1, 0.15) is 13.3 Å². The lowest BCUT2D eigenvalue weighted by Crippen LogP contribution is -2.43. The third-order valence-electron chi connectivity index (χ3n) is 3.94. The molecule has 2 aliphatic heterocycles. The summed E-state index contributed by atoms with van der Waals surface area (Å²) in [6.45, 7) is 9.02. The van der Waals surface area contributed by atoms with Gasteiger partial charge in [0.1, 0.15) is 12.0 Å². The summed E-state index contributed by atoms with van der Waals surface area (Å²) in [4.78, 5) is 13.1. The zero-order chi connectivity index (χ0) is 15.8. The third kappa shape index (κ3) is 3.79. The van der Waals surface area contributed by atoms with Crippen LogP contribution >= 0.6 is 6.89 Å². The summed E-state index contributed by atoms with van der Waals surface area (Å²) in [5, 5.41) is 13.0. The number of carbonyl (C=O) groups is 1. The van der Waals surface area contributed by atoms with E-state index in [9.17, 15) is 9.90 Å². The predicted octanol–water partition coefficient (Wildman–Crippen LogP) is 1.22. The van der Waals surface area contributed by atoms with Crippen molar-refractivity contribution in [3.8, 4) is 0 Å². The summed E-state index contributed by atoms with van der Waals surface area (Å²) in [6, 6.07) is 0. The molecule has 1 amide bonds. The Kier molecular flexibility index (Phi) is 4.66. The topological polar surface area (TPSA) is 61.8 Å². The highest BCUT2D eigenvalue weighted by Gasteiger charge is 2.44. The van der Waals surface area contributed by atoms with Crippen LogP contribution in [0.4, 0.5) is 0 Å². The number of carbonyl (C=O) groups excluding carboxylic acids is 1. The van der Waals surface area contributed by atoms with Gasteiger partial charge in [0.2, 0.25) is 0 Å². The van der Waals surface area contributed by atoms with Gasteiger partial charge in [0, 0.05) is 18.2 Å². The molecule has 0 aliphatic carbocycles. The molecule has 118 valence electrons. The molecular formula is C15H25N2O3P. The average molecular weight is 312 g/mol. The molecule has 0 bridgehead atoms. The molecule has 6 heteroatoms. The largest absolute Gasteiger partial charge is 0.390 e. The first-order valence-corrected chi connectivity index (χ1v) is 10.2. The molecule has 1 unspecified atom stereocenters. The smallest absolute Gasteiger partial charge is 0.250 e. The van der Waals surface area contributed by atoms with Gasteiger partial charge >= 0.3 is 0 Å². The van der Waals surface area contributed by atoms with Crippen LogP contribution < -0.4 is 5.32 Å². The van der Waals surface area contributed by atoms with Crippen LogP contribution in [-0.2, 0) is 9.53 Å². The Bertz CT molecular complexity index is 511. The first-order valence-electron chi connectivity index (χ1n) is 7.16. The third-order valence-corrected chi connectivity index (χ3v) is 5.41. The monoisotopic (exact) mass is 312 g/mol. The highest BCUT2D eigenvalue weighted by Crippen LogP contribution is 2.39. The van der Waals surface area contributed by atoms with E-state index in [0.29, 0.717) is 5.82 Å². The summed E-state index contributed by atoms with van der Waals surface area (Å²) < 4.78 is 6.03. The van der Waals surface area contributed by atoms with Gasteiger partial charge in [-0.2, -0.15) is 0 Å². The molecule has 1 saturated heterocycles. The van der Waals surface area contributed by atoms with E-state index in [0.717, 1.165) is 12.6 Å². The van der Waals surface area contributed by atoms with Gasteiger partial charge in [0.15, 0.2) is 0 Å². The fraction of sp³-hybridized carbons (Fsp3) is 0.600. The van der Waals surface area contributed by atoms with E-state index in [1.54, 1.807) is 11.1 Å². The second-order valence-corrected chi connectivity index (χ2v) is 10.8. The number of rotatable bonds is 4. The second kappa shape index (κ2) is 5.99. The van der Waals surface area contributed by atoms with Gasteiger partial charge in [-0.05, 0) is 25.9 Å². The van der Waals surface area contributed by atoms with E-state index in [4.69, 9.17) is 4.74 Å². The Hall–Kier alpha value is -1.03. The van der Waals surface area contributed by atoms with E-state index >= 15 is 0 Å². The predicted molar refractivity (Wildman–Crippen MR) is 87.5 cm³/mol.